The Morgan fingerprint density at radius 3 is 2.89 bits per heavy atom. The summed E-state index contributed by atoms with van der Waals surface area (Å²) in [5.74, 6) is 0.921. The number of ether oxygens (including phenoxy) is 1. The lowest BCUT2D eigenvalue weighted by Crippen LogP contribution is -2.53. The normalized spacial score (nSPS) is 21.1. The molecule has 0 radical (unpaired) electrons. The number of hydrogen-bond acceptors (Lipinski definition) is 4. The fourth-order valence-electron chi connectivity index (χ4n) is 2.53. The van der Waals surface area contributed by atoms with Crippen LogP contribution < -0.4 is 15.4 Å². The number of benzene rings is 1. The standard InChI is InChI=1S/C14H23N3O/c1-12-11-17(9-8-16(12)7-6-15)13-4-3-5-14(10-13)18-2/h3-5,10,12H,6-9,11,15H2,1-2H3. The number of anilines is 1. The third-order valence-corrected chi connectivity index (χ3v) is 3.60. The molecule has 2 N–H and O–H groups in total. The van der Waals surface area contributed by atoms with E-state index in [-0.39, 0.29) is 0 Å². The molecule has 1 atom stereocenters. The Balaban J connectivity index is 2.02. The molecule has 100 valence electrons. The highest BCUT2D eigenvalue weighted by Gasteiger charge is 2.23. The van der Waals surface area contributed by atoms with Gasteiger partial charge < -0.3 is 15.4 Å². The minimum atomic E-state index is 0.550. The summed E-state index contributed by atoms with van der Waals surface area (Å²) in [6, 6.07) is 8.83. The van der Waals surface area contributed by atoms with Crippen LogP contribution >= 0.6 is 0 Å². The first-order valence-corrected chi connectivity index (χ1v) is 6.57. The van der Waals surface area contributed by atoms with E-state index in [4.69, 9.17) is 10.5 Å². The molecule has 0 amide bonds. The first-order chi connectivity index (χ1) is 8.74. The Kier molecular flexibility index (Phi) is 4.44. The number of hydrogen-bond donors (Lipinski definition) is 1. The van der Waals surface area contributed by atoms with Gasteiger partial charge in [0.15, 0.2) is 0 Å². The third-order valence-electron chi connectivity index (χ3n) is 3.60. The quantitative estimate of drug-likeness (QED) is 0.869. The smallest absolute Gasteiger partial charge is 0.120 e. The first kappa shape index (κ1) is 13.2. The molecule has 0 aromatic heterocycles. The number of rotatable bonds is 4. The van der Waals surface area contributed by atoms with Gasteiger partial charge in [0.2, 0.25) is 0 Å². The van der Waals surface area contributed by atoms with Gasteiger partial charge in [0.1, 0.15) is 5.75 Å². The van der Waals surface area contributed by atoms with Gasteiger partial charge >= 0.3 is 0 Å². The summed E-state index contributed by atoms with van der Waals surface area (Å²) in [5.41, 5.74) is 6.88. The summed E-state index contributed by atoms with van der Waals surface area (Å²) < 4.78 is 5.28. The van der Waals surface area contributed by atoms with Crippen LogP contribution in [0.3, 0.4) is 0 Å². The molecule has 0 saturated carbocycles. The van der Waals surface area contributed by atoms with Crippen molar-refractivity contribution in [3.63, 3.8) is 0 Å². The van der Waals surface area contributed by atoms with E-state index in [0.717, 1.165) is 38.5 Å². The van der Waals surface area contributed by atoms with Gasteiger partial charge in [-0.2, -0.15) is 0 Å². The molecule has 1 aliphatic rings. The van der Waals surface area contributed by atoms with E-state index in [9.17, 15) is 0 Å². The van der Waals surface area contributed by atoms with E-state index in [1.807, 2.05) is 12.1 Å². The molecule has 0 spiro atoms. The second kappa shape index (κ2) is 6.07. The summed E-state index contributed by atoms with van der Waals surface area (Å²) in [4.78, 5) is 4.87. The molecule has 0 bridgehead atoms. The van der Waals surface area contributed by atoms with Gasteiger partial charge in [-0.25, -0.2) is 0 Å². The highest BCUT2D eigenvalue weighted by atomic mass is 16.5. The van der Waals surface area contributed by atoms with E-state index < -0.39 is 0 Å². The van der Waals surface area contributed by atoms with E-state index in [1.54, 1.807) is 7.11 Å². The van der Waals surface area contributed by atoms with Crippen LogP contribution in [0.2, 0.25) is 0 Å². The fourth-order valence-corrected chi connectivity index (χ4v) is 2.53. The molecule has 18 heavy (non-hydrogen) atoms. The lowest BCUT2D eigenvalue weighted by atomic mass is 10.1. The SMILES string of the molecule is COc1cccc(N2CCN(CCN)C(C)C2)c1. The number of nitrogens with zero attached hydrogens (tertiary/aromatic N) is 2. The van der Waals surface area contributed by atoms with Gasteiger partial charge in [0.05, 0.1) is 7.11 Å². The van der Waals surface area contributed by atoms with Crippen molar-refractivity contribution >= 4 is 5.69 Å². The molecule has 1 saturated heterocycles. The van der Waals surface area contributed by atoms with Crippen LogP contribution in [-0.4, -0.2) is 50.8 Å². The van der Waals surface area contributed by atoms with Crippen molar-refractivity contribution in [3.8, 4) is 5.75 Å². The van der Waals surface area contributed by atoms with Gasteiger partial charge in [0, 0.05) is 50.5 Å². The van der Waals surface area contributed by atoms with Crippen molar-refractivity contribution in [2.45, 2.75) is 13.0 Å². The van der Waals surface area contributed by atoms with Gasteiger partial charge in [-0.15, -0.1) is 0 Å². The highest BCUT2D eigenvalue weighted by Crippen LogP contribution is 2.23. The molecule has 1 unspecified atom stereocenters. The Morgan fingerprint density at radius 2 is 2.22 bits per heavy atom. The monoisotopic (exact) mass is 249 g/mol. The van der Waals surface area contributed by atoms with Crippen molar-refractivity contribution in [2.75, 3.05) is 44.7 Å². The minimum absolute atomic E-state index is 0.550. The topological polar surface area (TPSA) is 41.7 Å². The molecule has 1 aromatic rings. The molecular formula is C14H23N3O. The predicted octanol–water partition coefficient (Wildman–Crippen LogP) is 1.16. The Bertz CT molecular complexity index is 383. The zero-order valence-electron chi connectivity index (χ0n) is 11.3. The maximum absolute atomic E-state index is 5.63. The van der Waals surface area contributed by atoms with Gasteiger partial charge in [-0.3, -0.25) is 4.90 Å². The van der Waals surface area contributed by atoms with Crippen LogP contribution in [0.4, 0.5) is 5.69 Å². The average Bonchev–Trinajstić information content (AvgIpc) is 2.41. The van der Waals surface area contributed by atoms with Gasteiger partial charge in [0.25, 0.3) is 0 Å². The zero-order valence-corrected chi connectivity index (χ0v) is 11.3. The van der Waals surface area contributed by atoms with Crippen molar-refractivity contribution in [3.05, 3.63) is 24.3 Å². The van der Waals surface area contributed by atoms with Crippen molar-refractivity contribution in [1.29, 1.82) is 0 Å². The molecule has 1 aromatic carbocycles. The second-order valence-corrected chi connectivity index (χ2v) is 4.82. The van der Waals surface area contributed by atoms with Crippen LogP contribution in [0.1, 0.15) is 6.92 Å². The summed E-state index contributed by atoms with van der Waals surface area (Å²) in [5, 5.41) is 0. The number of nitrogens with two attached hydrogens (primary N) is 1. The third kappa shape index (κ3) is 2.94. The molecule has 4 heteroatoms. The Morgan fingerprint density at radius 1 is 1.39 bits per heavy atom. The summed E-state index contributed by atoms with van der Waals surface area (Å²) in [6.07, 6.45) is 0. The van der Waals surface area contributed by atoms with E-state index in [2.05, 4.69) is 28.9 Å². The summed E-state index contributed by atoms with van der Waals surface area (Å²) in [6.45, 7) is 7.18. The summed E-state index contributed by atoms with van der Waals surface area (Å²) in [7, 11) is 1.71. The lowest BCUT2D eigenvalue weighted by molar-refractivity contribution is 0.195. The highest BCUT2D eigenvalue weighted by molar-refractivity contribution is 5.51. The van der Waals surface area contributed by atoms with Crippen LogP contribution in [0.15, 0.2) is 24.3 Å². The van der Waals surface area contributed by atoms with Crippen molar-refractivity contribution < 1.29 is 4.74 Å². The minimum Gasteiger partial charge on any atom is -0.497 e. The molecule has 1 heterocycles. The van der Waals surface area contributed by atoms with Crippen molar-refractivity contribution in [2.24, 2.45) is 5.73 Å². The van der Waals surface area contributed by atoms with E-state index in [0.29, 0.717) is 6.04 Å². The van der Waals surface area contributed by atoms with Crippen LogP contribution in [0.5, 0.6) is 5.75 Å². The Hall–Kier alpha value is -1.26. The van der Waals surface area contributed by atoms with Gasteiger partial charge in [-0.1, -0.05) is 6.07 Å². The molecule has 1 aliphatic heterocycles. The molecule has 2 rings (SSSR count). The van der Waals surface area contributed by atoms with Gasteiger partial charge in [-0.05, 0) is 19.1 Å². The number of methoxy groups -OCH3 is 1. The average molecular weight is 249 g/mol. The lowest BCUT2D eigenvalue weighted by Gasteiger charge is -2.40. The Labute approximate surface area is 109 Å². The maximum atomic E-state index is 5.63. The van der Waals surface area contributed by atoms with Crippen LogP contribution in [0.25, 0.3) is 0 Å². The van der Waals surface area contributed by atoms with E-state index >= 15 is 0 Å². The maximum Gasteiger partial charge on any atom is 0.120 e. The van der Waals surface area contributed by atoms with Crippen molar-refractivity contribution in [1.82, 2.24) is 4.90 Å². The van der Waals surface area contributed by atoms with Crippen LogP contribution in [-0.2, 0) is 0 Å². The molecular weight excluding hydrogens is 226 g/mol. The predicted molar refractivity (Wildman–Crippen MR) is 75.3 cm³/mol. The number of piperazine rings is 1. The molecule has 4 nitrogen and oxygen atoms in total. The summed E-state index contributed by atoms with van der Waals surface area (Å²) >= 11 is 0. The zero-order chi connectivity index (χ0) is 13.0. The second-order valence-electron chi connectivity index (χ2n) is 4.82. The van der Waals surface area contributed by atoms with E-state index in [1.165, 1.54) is 5.69 Å². The largest absolute Gasteiger partial charge is 0.497 e. The molecule has 0 aliphatic carbocycles. The first-order valence-electron chi connectivity index (χ1n) is 6.57. The van der Waals surface area contributed by atoms with Crippen LogP contribution in [0, 0.1) is 0 Å². The fraction of sp³-hybridized carbons (Fsp3) is 0.571. The molecule has 1 fully saturated rings.